The number of nitrogens with two attached hydrogens (primary N) is 1. The molecule has 0 saturated carbocycles. The third-order valence-electron chi connectivity index (χ3n) is 3.57. The molecule has 0 unspecified atom stereocenters. The average molecular weight is 411 g/mol. The number of anilines is 2. The van der Waals surface area contributed by atoms with Gasteiger partial charge in [0, 0.05) is 24.7 Å². The van der Waals surface area contributed by atoms with Crippen molar-refractivity contribution in [3.05, 3.63) is 53.1 Å². The molecule has 0 aliphatic carbocycles. The van der Waals surface area contributed by atoms with Gasteiger partial charge in [-0.15, -0.1) is 0 Å². The zero-order chi connectivity index (χ0) is 20.2. The van der Waals surface area contributed by atoms with Crippen molar-refractivity contribution in [3.63, 3.8) is 0 Å². The van der Waals surface area contributed by atoms with Gasteiger partial charge < -0.3 is 15.5 Å². The number of rotatable bonds is 6. The predicted molar refractivity (Wildman–Crippen MR) is 105 cm³/mol. The van der Waals surface area contributed by atoms with Crippen LogP contribution in [0.25, 0.3) is 0 Å². The Hall–Kier alpha value is -2.62. The molecule has 2 rings (SSSR count). The van der Waals surface area contributed by atoms with Gasteiger partial charge in [0.05, 0.1) is 22.8 Å². The Kier molecular flexibility index (Phi) is 6.42. The summed E-state index contributed by atoms with van der Waals surface area (Å²) in [5.41, 5.74) is 1.20. The minimum Gasteiger partial charge on any atom is -0.376 e. The Morgan fingerprint density at radius 2 is 1.74 bits per heavy atom. The molecule has 10 heteroatoms. The van der Waals surface area contributed by atoms with Crippen LogP contribution in [-0.2, 0) is 14.8 Å². The van der Waals surface area contributed by atoms with Crippen molar-refractivity contribution in [3.8, 4) is 0 Å². The van der Waals surface area contributed by atoms with Crippen molar-refractivity contribution >= 4 is 44.8 Å². The smallest absolute Gasteiger partial charge is 0.251 e. The third-order valence-corrected chi connectivity index (χ3v) is 4.73. The topological polar surface area (TPSA) is 122 Å². The van der Waals surface area contributed by atoms with E-state index in [9.17, 15) is 18.0 Å². The molecule has 0 bridgehead atoms. The number of halogens is 1. The van der Waals surface area contributed by atoms with Gasteiger partial charge in [-0.1, -0.05) is 11.6 Å². The highest BCUT2D eigenvalue weighted by Crippen LogP contribution is 2.27. The summed E-state index contributed by atoms with van der Waals surface area (Å²) in [6, 6.07) is 10.4. The first-order valence-corrected chi connectivity index (χ1v) is 9.68. The second kappa shape index (κ2) is 8.38. The van der Waals surface area contributed by atoms with Gasteiger partial charge in [0.15, 0.2) is 0 Å². The Morgan fingerprint density at radius 3 is 2.30 bits per heavy atom. The number of primary sulfonamides is 1. The largest absolute Gasteiger partial charge is 0.376 e. The molecule has 27 heavy (non-hydrogen) atoms. The highest BCUT2D eigenvalue weighted by Gasteiger charge is 2.15. The summed E-state index contributed by atoms with van der Waals surface area (Å²) in [5.74, 6) is -0.958. The van der Waals surface area contributed by atoms with E-state index >= 15 is 0 Å². The average Bonchev–Trinajstić information content (AvgIpc) is 2.59. The summed E-state index contributed by atoms with van der Waals surface area (Å²) in [7, 11) is -0.439. The molecular formula is C17H19ClN4O4S. The first-order valence-electron chi connectivity index (χ1n) is 7.75. The fourth-order valence-corrected chi connectivity index (χ4v) is 2.91. The minimum absolute atomic E-state index is 0.131. The second-order valence-electron chi connectivity index (χ2n) is 5.86. The molecule has 4 N–H and O–H groups in total. The Labute approximate surface area is 162 Å². The molecule has 0 aliphatic rings. The lowest BCUT2D eigenvalue weighted by Gasteiger charge is -2.19. The van der Waals surface area contributed by atoms with Crippen molar-refractivity contribution in [1.82, 2.24) is 5.32 Å². The molecule has 0 spiro atoms. The van der Waals surface area contributed by atoms with Crippen LogP contribution in [0.15, 0.2) is 47.4 Å². The van der Waals surface area contributed by atoms with Crippen molar-refractivity contribution < 1.29 is 18.0 Å². The van der Waals surface area contributed by atoms with Crippen LogP contribution in [0, 0.1) is 0 Å². The van der Waals surface area contributed by atoms with Gasteiger partial charge in [0.25, 0.3) is 5.91 Å². The summed E-state index contributed by atoms with van der Waals surface area (Å²) in [4.78, 5) is 25.8. The van der Waals surface area contributed by atoms with E-state index in [0.29, 0.717) is 16.3 Å². The quantitative estimate of drug-likeness (QED) is 0.664. The first-order chi connectivity index (χ1) is 12.6. The van der Waals surface area contributed by atoms with Gasteiger partial charge in [-0.2, -0.15) is 0 Å². The maximum absolute atomic E-state index is 12.2. The van der Waals surface area contributed by atoms with Crippen molar-refractivity contribution in [2.45, 2.75) is 4.90 Å². The van der Waals surface area contributed by atoms with Crippen molar-refractivity contribution in [2.75, 3.05) is 30.9 Å². The fraction of sp³-hybridized carbons (Fsp3) is 0.176. The number of hydrogen-bond acceptors (Lipinski definition) is 5. The molecule has 0 aromatic heterocycles. The molecule has 144 valence electrons. The number of carbonyl (C=O) groups excluding carboxylic acids is 2. The monoisotopic (exact) mass is 410 g/mol. The van der Waals surface area contributed by atoms with Crippen LogP contribution in [-0.4, -0.2) is 40.9 Å². The Morgan fingerprint density at radius 1 is 1.11 bits per heavy atom. The third kappa shape index (κ3) is 5.68. The van der Waals surface area contributed by atoms with Gasteiger partial charge in [-0.25, -0.2) is 13.6 Å². The van der Waals surface area contributed by atoms with Gasteiger partial charge >= 0.3 is 0 Å². The van der Waals surface area contributed by atoms with E-state index in [1.54, 1.807) is 31.1 Å². The molecule has 2 aromatic rings. The highest BCUT2D eigenvalue weighted by molar-refractivity contribution is 7.89. The van der Waals surface area contributed by atoms with E-state index in [4.69, 9.17) is 16.7 Å². The molecule has 0 fully saturated rings. The SMILES string of the molecule is CN(C)c1ccc(S(N)(=O)=O)cc1NC(=O)CNC(=O)c1ccc(Cl)cc1. The van der Waals surface area contributed by atoms with Crippen LogP contribution in [0.5, 0.6) is 0 Å². The summed E-state index contributed by atoms with van der Waals surface area (Å²) in [6.45, 7) is -0.298. The van der Waals surface area contributed by atoms with Crippen LogP contribution in [0.4, 0.5) is 11.4 Å². The van der Waals surface area contributed by atoms with Crippen molar-refractivity contribution in [1.29, 1.82) is 0 Å². The van der Waals surface area contributed by atoms with Gasteiger partial charge in [0.2, 0.25) is 15.9 Å². The zero-order valence-electron chi connectivity index (χ0n) is 14.7. The van der Waals surface area contributed by atoms with Gasteiger partial charge in [-0.3, -0.25) is 9.59 Å². The van der Waals surface area contributed by atoms with Crippen LogP contribution in [0.1, 0.15) is 10.4 Å². The zero-order valence-corrected chi connectivity index (χ0v) is 16.3. The minimum atomic E-state index is -3.92. The van der Waals surface area contributed by atoms with E-state index in [2.05, 4.69) is 10.6 Å². The van der Waals surface area contributed by atoms with E-state index < -0.39 is 21.8 Å². The van der Waals surface area contributed by atoms with Crippen LogP contribution in [0.2, 0.25) is 5.02 Å². The highest BCUT2D eigenvalue weighted by atomic mass is 35.5. The molecular weight excluding hydrogens is 392 g/mol. The fourth-order valence-electron chi connectivity index (χ4n) is 2.24. The molecule has 0 atom stereocenters. The molecule has 2 amide bonds. The summed E-state index contributed by atoms with van der Waals surface area (Å²) >= 11 is 5.77. The number of amides is 2. The Bertz CT molecular complexity index is 959. The maximum atomic E-state index is 12.2. The molecule has 0 radical (unpaired) electrons. The summed E-state index contributed by atoms with van der Waals surface area (Å²) in [5, 5.41) is 10.7. The summed E-state index contributed by atoms with van der Waals surface area (Å²) in [6.07, 6.45) is 0. The van der Waals surface area contributed by atoms with E-state index in [1.165, 1.54) is 30.3 Å². The Balaban J connectivity index is 2.10. The maximum Gasteiger partial charge on any atom is 0.251 e. The lowest BCUT2D eigenvalue weighted by atomic mass is 10.2. The van der Waals surface area contributed by atoms with Crippen LogP contribution in [0.3, 0.4) is 0 Å². The van der Waals surface area contributed by atoms with E-state index in [1.807, 2.05) is 0 Å². The first kappa shape index (κ1) is 20.7. The number of hydrogen-bond donors (Lipinski definition) is 3. The predicted octanol–water partition coefficient (Wildman–Crippen LogP) is 1.42. The van der Waals surface area contributed by atoms with Crippen LogP contribution < -0.4 is 20.7 Å². The lowest BCUT2D eigenvalue weighted by Crippen LogP contribution is -2.33. The number of benzene rings is 2. The normalized spacial score (nSPS) is 11.0. The molecule has 8 nitrogen and oxygen atoms in total. The molecule has 0 heterocycles. The molecule has 0 aliphatic heterocycles. The number of nitrogens with zero attached hydrogens (tertiary/aromatic N) is 1. The van der Waals surface area contributed by atoms with E-state index in [-0.39, 0.29) is 17.1 Å². The van der Waals surface area contributed by atoms with Crippen LogP contribution >= 0.6 is 11.6 Å². The summed E-state index contributed by atoms with van der Waals surface area (Å²) < 4.78 is 23.1. The van der Waals surface area contributed by atoms with Crippen molar-refractivity contribution in [2.24, 2.45) is 5.14 Å². The number of carbonyl (C=O) groups is 2. The number of nitrogens with one attached hydrogen (secondary N) is 2. The van der Waals surface area contributed by atoms with Gasteiger partial charge in [0.1, 0.15) is 0 Å². The standard InChI is InChI=1S/C17H19ClN4O4S/c1-22(2)15-8-7-13(27(19,25)26)9-14(15)21-16(23)10-20-17(24)11-3-5-12(18)6-4-11/h3-9H,10H2,1-2H3,(H,20,24)(H,21,23)(H2,19,25,26). The van der Waals surface area contributed by atoms with Gasteiger partial charge in [-0.05, 0) is 42.5 Å². The second-order valence-corrected chi connectivity index (χ2v) is 7.85. The molecule has 2 aromatic carbocycles. The van der Waals surface area contributed by atoms with E-state index in [0.717, 1.165) is 0 Å². The molecule has 0 saturated heterocycles. The lowest BCUT2D eigenvalue weighted by molar-refractivity contribution is -0.115. The number of sulfonamides is 1.